The van der Waals surface area contributed by atoms with Crippen LogP contribution in [0.2, 0.25) is 0 Å². The number of rotatable bonds is 5. The Morgan fingerprint density at radius 1 is 1.15 bits per heavy atom. The summed E-state index contributed by atoms with van der Waals surface area (Å²) >= 11 is 0. The van der Waals surface area contributed by atoms with Gasteiger partial charge in [0.2, 0.25) is 0 Å². The van der Waals surface area contributed by atoms with Gasteiger partial charge in [-0.2, -0.15) is 0 Å². The molecule has 1 aliphatic rings. The van der Waals surface area contributed by atoms with Crippen LogP contribution < -0.4 is 4.74 Å². The average molecular weight is 276 g/mol. The number of ether oxygens (including phenoxy) is 1. The summed E-state index contributed by atoms with van der Waals surface area (Å²) in [6.45, 7) is 9.44. The Hall–Kier alpha value is -1.02. The van der Waals surface area contributed by atoms with Gasteiger partial charge in [0.15, 0.2) is 0 Å². The standard InChI is InChI=1S/C18H28O2/c1-13(2)11-18(19,12-14(3)4)16-9-5-7-15-8-6-10-20-17(15)16/h5,7,9,13-14,19H,6,8,10-12H2,1-4H3. The Morgan fingerprint density at radius 3 is 2.40 bits per heavy atom. The van der Waals surface area contributed by atoms with Crippen molar-refractivity contribution in [2.24, 2.45) is 11.8 Å². The van der Waals surface area contributed by atoms with E-state index in [1.807, 2.05) is 0 Å². The second kappa shape index (κ2) is 6.17. The van der Waals surface area contributed by atoms with E-state index in [-0.39, 0.29) is 0 Å². The molecule has 1 aromatic carbocycles. The van der Waals surface area contributed by atoms with Crippen LogP contribution in [0.25, 0.3) is 0 Å². The number of aryl methyl sites for hydroxylation is 1. The maximum atomic E-state index is 11.3. The summed E-state index contributed by atoms with van der Waals surface area (Å²) in [4.78, 5) is 0. The molecule has 2 heteroatoms. The van der Waals surface area contributed by atoms with E-state index in [9.17, 15) is 5.11 Å². The lowest BCUT2D eigenvalue weighted by Crippen LogP contribution is -2.31. The molecule has 0 unspecified atom stereocenters. The number of fused-ring (bicyclic) bond motifs is 1. The van der Waals surface area contributed by atoms with Gasteiger partial charge in [0.1, 0.15) is 5.75 Å². The Balaban J connectivity index is 2.42. The second-order valence-corrected chi connectivity index (χ2v) is 6.97. The topological polar surface area (TPSA) is 29.5 Å². The van der Waals surface area contributed by atoms with Crippen LogP contribution in [0.3, 0.4) is 0 Å². The highest BCUT2D eigenvalue weighted by Gasteiger charge is 2.35. The van der Waals surface area contributed by atoms with E-state index in [1.165, 1.54) is 5.56 Å². The van der Waals surface area contributed by atoms with Crippen LogP contribution in [-0.2, 0) is 12.0 Å². The first-order chi connectivity index (χ1) is 9.42. The van der Waals surface area contributed by atoms with Crippen LogP contribution >= 0.6 is 0 Å². The van der Waals surface area contributed by atoms with Crippen molar-refractivity contribution in [2.45, 2.75) is 59.0 Å². The zero-order chi connectivity index (χ0) is 14.8. The fourth-order valence-electron chi connectivity index (χ4n) is 3.41. The molecule has 1 aromatic rings. The quantitative estimate of drug-likeness (QED) is 0.869. The highest BCUT2D eigenvalue weighted by atomic mass is 16.5. The summed E-state index contributed by atoms with van der Waals surface area (Å²) in [5, 5.41) is 11.3. The van der Waals surface area contributed by atoms with Gasteiger partial charge in [-0.3, -0.25) is 0 Å². The second-order valence-electron chi connectivity index (χ2n) is 6.97. The molecule has 0 bridgehead atoms. The average Bonchev–Trinajstić information content (AvgIpc) is 2.36. The molecule has 20 heavy (non-hydrogen) atoms. The summed E-state index contributed by atoms with van der Waals surface area (Å²) in [5.41, 5.74) is 1.47. The fraction of sp³-hybridized carbons (Fsp3) is 0.667. The number of para-hydroxylation sites is 1. The molecule has 0 saturated heterocycles. The summed E-state index contributed by atoms with van der Waals surface area (Å²) in [7, 11) is 0. The normalized spacial score (nSPS) is 15.3. The molecule has 1 N–H and O–H groups in total. The van der Waals surface area contributed by atoms with Gasteiger partial charge in [0.25, 0.3) is 0 Å². The zero-order valence-corrected chi connectivity index (χ0v) is 13.3. The van der Waals surface area contributed by atoms with Crippen LogP contribution in [-0.4, -0.2) is 11.7 Å². The smallest absolute Gasteiger partial charge is 0.128 e. The lowest BCUT2D eigenvalue weighted by atomic mass is 9.78. The SMILES string of the molecule is CC(C)CC(O)(CC(C)C)c1cccc2c1OCCC2. The predicted octanol–water partition coefficient (Wildman–Crippen LogP) is 4.29. The van der Waals surface area contributed by atoms with Crippen LogP contribution in [0.5, 0.6) is 5.75 Å². The maximum Gasteiger partial charge on any atom is 0.128 e. The first-order valence-corrected chi connectivity index (χ1v) is 7.90. The summed E-state index contributed by atoms with van der Waals surface area (Å²) in [6, 6.07) is 6.24. The van der Waals surface area contributed by atoms with Crippen LogP contribution in [0.15, 0.2) is 18.2 Å². The van der Waals surface area contributed by atoms with Gasteiger partial charge < -0.3 is 9.84 Å². The Kier molecular flexibility index (Phi) is 4.74. The van der Waals surface area contributed by atoms with Crippen molar-refractivity contribution in [3.05, 3.63) is 29.3 Å². The predicted molar refractivity (Wildman–Crippen MR) is 83.1 cm³/mol. The Labute approximate surface area is 123 Å². The summed E-state index contributed by atoms with van der Waals surface area (Å²) < 4.78 is 5.90. The van der Waals surface area contributed by atoms with Crippen molar-refractivity contribution >= 4 is 0 Å². The lowest BCUT2D eigenvalue weighted by Gasteiger charge is -2.35. The molecule has 0 saturated carbocycles. The number of hydrogen-bond acceptors (Lipinski definition) is 2. The summed E-state index contributed by atoms with van der Waals surface area (Å²) in [6.07, 6.45) is 3.70. The molecule has 0 aliphatic carbocycles. The van der Waals surface area contributed by atoms with E-state index < -0.39 is 5.60 Å². The van der Waals surface area contributed by atoms with Crippen molar-refractivity contribution in [1.29, 1.82) is 0 Å². The van der Waals surface area contributed by atoms with Crippen molar-refractivity contribution in [2.75, 3.05) is 6.61 Å². The molecule has 0 radical (unpaired) electrons. The Morgan fingerprint density at radius 2 is 1.80 bits per heavy atom. The van der Waals surface area contributed by atoms with Gasteiger partial charge in [0, 0.05) is 5.56 Å². The van der Waals surface area contributed by atoms with Crippen LogP contribution in [0, 0.1) is 11.8 Å². The largest absolute Gasteiger partial charge is 0.493 e. The van der Waals surface area contributed by atoms with Crippen LogP contribution in [0.1, 0.15) is 58.1 Å². The maximum absolute atomic E-state index is 11.3. The highest BCUT2D eigenvalue weighted by Crippen LogP contribution is 2.42. The van der Waals surface area contributed by atoms with Gasteiger partial charge in [0.05, 0.1) is 12.2 Å². The van der Waals surface area contributed by atoms with E-state index >= 15 is 0 Å². The van der Waals surface area contributed by atoms with Gasteiger partial charge in [-0.05, 0) is 43.1 Å². The monoisotopic (exact) mass is 276 g/mol. The fourth-order valence-corrected chi connectivity index (χ4v) is 3.41. The third-order valence-electron chi connectivity index (χ3n) is 3.93. The third kappa shape index (κ3) is 3.35. The minimum Gasteiger partial charge on any atom is -0.493 e. The molecule has 0 aromatic heterocycles. The van der Waals surface area contributed by atoms with E-state index in [1.54, 1.807) is 0 Å². The van der Waals surface area contributed by atoms with Gasteiger partial charge in [-0.1, -0.05) is 45.9 Å². The molecule has 1 heterocycles. The van der Waals surface area contributed by atoms with Crippen molar-refractivity contribution in [3.63, 3.8) is 0 Å². The zero-order valence-electron chi connectivity index (χ0n) is 13.3. The molecular formula is C18H28O2. The molecule has 0 amide bonds. The third-order valence-corrected chi connectivity index (χ3v) is 3.93. The van der Waals surface area contributed by atoms with Gasteiger partial charge in [-0.15, -0.1) is 0 Å². The Bertz CT molecular complexity index is 439. The lowest BCUT2D eigenvalue weighted by molar-refractivity contribution is -0.00724. The van der Waals surface area contributed by atoms with Crippen molar-refractivity contribution in [1.82, 2.24) is 0 Å². The van der Waals surface area contributed by atoms with Crippen LogP contribution in [0.4, 0.5) is 0 Å². The molecule has 0 fully saturated rings. The molecule has 1 aliphatic heterocycles. The molecule has 2 nitrogen and oxygen atoms in total. The summed E-state index contributed by atoms with van der Waals surface area (Å²) in [5.74, 6) is 1.86. The molecule has 2 rings (SSSR count). The van der Waals surface area contributed by atoms with E-state index in [2.05, 4.69) is 45.9 Å². The number of aliphatic hydroxyl groups is 1. The number of benzene rings is 1. The highest BCUT2D eigenvalue weighted by molar-refractivity contribution is 5.46. The molecule has 0 spiro atoms. The van der Waals surface area contributed by atoms with E-state index in [0.717, 1.165) is 43.6 Å². The minimum atomic E-state index is -0.773. The minimum absolute atomic E-state index is 0.457. The molecular weight excluding hydrogens is 248 g/mol. The first kappa shape index (κ1) is 15.4. The van der Waals surface area contributed by atoms with Crippen molar-refractivity contribution in [3.8, 4) is 5.75 Å². The van der Waals surface area contributed by atoms with E-state index in [0.29, 0.717) is 11.8 Å². The van der Waals surface area contributed by atoms with Gasteiger partial charge >= 0.3 is 0 Å². The van der Waals surface area contributed by atoms with Crippen molar-refractivity contribution < 1.29 is 9.84 Å². The number of hydrogen-bond donors (Lipinski definition) is 1. The molecule has 0 atom stereocenters. The van der Waals surface area contributed by atoms with E-state index in [4.69, 9.17) is 4.74 Å². The first-order valence-electron chi connectivity index (χ1n) is 7.90. The van der Waals surface area contributed by atoms with Gasteiger partial charge in [-0.25, -0.2) is 0 Å². The molecule has 112 valence electrons.